The summed E-state index contributed by atoms with van der Waals surface area (Å²) in [6.45, 7) is 11.4. The lowest BCUT2D eigenvalue weighted by atomic mass is 10.1. The Balaban J connectivity index is 2.68. The maximum absolute atomic E-state index is 13.3. The van der Waals surface area contributed by atoms with E-state index in [-0.39, 0.29) is 11.6 Å². The second-order valence-electron chi connectivity index (χ2n) is 6.41. The minimum absolute atomic E-state index is 0.186. The van der Waals surface area contributed by atoms with E-state index >= 15 is 0 Å². The third-order valence-corrected chi connectivity index (χ3v) is 3.48. The van der Waals surface area contributed by atoms with Gasteiger partial charge in [-0.05, 0) is 56.0 Å². The third kappa shape index (κ3) is 6.38. The Hall–Kier alpha value is -1.09. The standard InChI is InChI=1S/C17H28FNO/c1-13(2)7-9-19(10-8-14(3)4)12-15-11-16(18)5-6-17(15)20/h5-6,11,13-14,20H,7-10,12H2,1-4H3. The Morgan fingerprint density at radius 3 is 2.10 bits per heavy atom. The average Bonchev–Trinajstić information content (AvgIpc) is 2.36. The van der Waals surface area contributed by atoms with Gasteiger partial charge in [0.25, 0.3) is 0 Å². The number of phenolic OH excluding ortho intramolecular Hbond substituents is 1. The molecule has 3 heteroatoms. The quantitative estimate of drug-likeness (QED) is 0.762. The molecule has 0 heterocycles. The zero-order valence-corrected chi connectivity index (χ0v) is 13.2. The van der Waals surface area contributed by atoms with Crippen molar-refractivity contribution in [2.75, 3.05) is 13.1 Å². The first-order chi connectivity index (χ1) is 9.38. The predicted molar refractivity (Wildman–Crippen MR) is 82.3 cm³/mol. The second-order valence-corrected chi connectivity index (χ2v) is 6.41. The molecule has 0 unspecified atom stereocenters. The van der Waals surface area contributed by atoms with Crippen LogP contribution in [0.5, 0.6) is 5.75 Å². The van der Waals surface area contributed by atoms with Crippen molar-refractivity contribution < 1.29 is 9.50 Å². The molecule has 1 N–H and O–H groups in total. The number of benzene rings is 1. The number of rotatable bonds is 8. The lowest BCUT2D eigenvalue weighted by molar-refractivity contribution is 0.233. The molecule has 0 spiro atoms. The zero-order chi connectivity index (χ0) is 15.1. The molecule has 0 aromatic heterocycles. The summed E-state index contributed by atoms with van der Waals surface area (Å²) in [5, 5.41) is 9.85. The molecule has 0 atom stereocenters. The molecule has 0 aliphatic heterocycles. The fraction of sp³-hybridized carbons (Fsp3) is 0.647. The Morgan fingerprint density at radius 1 is 1.05 bits per heavy atom. The maximum Gasteiger partial charge on any atom is 0.123 e. The van der Waals surface area contributed by atoms with Crippen LogP contribution in [0.4, 0.5) is 4.39 Å². The average molecular weight is 281 g/mol. The first-order valence-electron chi connectivity index (χ1n) is 7.58. The Morgan fingerprint density at radius 2 is 1.60 bits per heavy atom. The molecule has 20 heavy (non-hydrogen) atoms. The van der Waals surface area contributed by atoms with Crippen LogP contribution < -0.4 is 0 Å². The van der Waals surface area contributed by atoms with Gasteiger partial charge in [-0.1, -0.05) is 27.7 Å². The zero-order valence-electron chi connectivity index (χ0n) is 13.2. The molecule has 0 fully saturated rings. The van der Waals surface area contributed by atoms with Gasteiger partial charge in [0.05, 0.1) is 0 Å². The van der Waals surface area contributed by atoms with Crippen LogP contribution in [0.25, 0.3) is 0 Å². The molecule has 0 radical (unpaired) electrons. The van der Waals surface area contributed by atoms with E-state index in [0.29, 0.717) is 23.9 Å². The minimum Gasteiger partial charge on any atom is -0.508 e. The van der Waals surface area contributed by atoms with Crippen molar-refractivity contribution in [2.24, 2.45) is 11.8 Å². The van der Waals surface area contributed by atoms with Gasteiger partial charge in [0.15, 0.2) is 0 Å². The van der Waals surface area contributed by atoms with Crippen molar-refractivity contribution in [2.45, 2.75) is 47.1 Å². The molecule has 0 aliphatic rings. The molecule has 0 amide bonds. The molecular formula is C17H28FNO. The van der Waals surface area contributed by atoms with Crippen molar-refractivity contribution in [3.05, 3.63) is 29.6 Å². The molecule has 0 saturated heterocycles. The van der Waals surface area contributed by atoms with E-state index in [9.17, 15) is 9.50 Å². The number of aromatic hydroxyl groups is 1. The highest BCUT2D eigenvalue weighted by atomic mass is 19.1. The van der Waals surface area contributed by atoms with Crippen LogP contribution >= 0.6 is 0 Å². The highest BCUT2D eigenvalue weighted by Gasteiger charge is 2.11. The van der Waals surface area contributed by atoms with Gasteiger partial charge >= 0.3 is 0 Å². The summed E-state index contributed by atoms with van der Waals surface area (Å²) < 4.78 is 13.3. The number of phenols is 1. The Labute approximate surface area is 122 Å². The largest absolute Gasteiger partial charge is 0.508 e. The normalized spacial score (nSPS) is 11.8. The van der Waals surface area contributed by atoms with Crippen LogP contribution in [0.3, 0.4) is 0 Å². The van der Waals surface area contributed by atoms with Gasteiger partial charge in [-0.2, -0.15) is 0 Å². The van der Waals surface area contributed by atoms with Crippen molar-refractivity contribution >= 4 is 0 Å². The molecule has 2 nitrogen and oxygen atoms in total. The molecule has 1 aromatic carbocycles. The van der Waals surface area contributed by atoms with Crippen LogP contribution in [0, 0.1) is 17.7 Å². The van der Waals surface area contributed by atoms with Crippen LogP contribution in [-0.2, 0) is 6.54 Å². The van der Waals surface area contributed by atoms with Crippen molar-refractivity contribution in [3.63, 3.8) is 0 Å². The lowest BCUT2D eigenvalue weighted by Gasteiger charge is -2.24. The first kappa shape index (κ1) is 17.0. The van der Waals surface area contributed by atoms with Crippen LogP contribution in [-0.4, -0.2) is 23.1 Å². The lowest BCUT2D eigenvalue weighted by Crippen LogP contribution is -2.27. The predicted octanol–water partition coefficient (Wildman–Crippen LogP) is 4.43. The Kier molecular flexibility index (Phi) is 7.00. The highest BCUT2D eigenvalue weighted by molar-refractivity contribution is 5.32. The van der Waals surface area contributed by atoms with E-state index in [0.717, 1.165) is 25.9 Å². The van der Waals surface area contributed by atoms with E-state index in [1.807, 2.05) is 0 Å². The smallest absolute Gasteiger partial charge is 0.123 e. The number of hydrogen-bond acceptors (Lipinski definition) is 2. The van der Waals surface area contributed by atoms with Gasteiger partial charge in [0.2, 0.25) is 0 Å². The summed E-state index contributed by atoms with van der Waals surface area (Å²) in [5.74, 6) is 1.20. The van der Waals surface area contributed by atoms with E-state index < -0.39 is 0 Å². The number of halogens is 1. The van der Waals surface area contributed by atoms with Gasteiger partial charge in [-0.25, -0.2) is 4.39 Å². The van der Waals surface area contributed by atoms with Gasteiger partial charge in [0, 0.05) is 12.1 Å². The van der Waals surface area contributed by atoms with Gasteiger partial charge < -0.3 is 5.11 Å². The first-order valence-corrected chi connectivity index (χ1v) is 7.58. The second kappa shape index (κ2) is 8.25. The molecule has 1 rings (SSSR count). The van der Waals surface area contributed by atoms with E-state index in [1.54, 1.807) is 0 Å². The summed E-state index contributed by atoms with van der Waals surface area (Å²) in [6.07, 6.45) is 2.24. The number of hydrogen-bond donors (Lipinski definition) is 1. The van der Waals surface area contributed by atoms with Crippen LogP contribution in [0.2, 0.25) is 0 Å². The molecule has 1 aromatic rings. The molecule has 0 bridgehead atoms. The maximum atomic E-state index is 13.3. The topological polar surface area (TPSA) is 23.5 Å². The van der Waals surface area contributed by atoms with Crippen LogP contribution in [0.15, 0.2) is 18.2 Å². The SMILES string of the molecule is CC(C)CCN(CCC(C)C)Cc1cc(F)ccc1O. The van der Waals surface area contributed by atoms with E-state index in [1.165, 1.54) is 18.2 Å². The summed E-state index contributed by atoms with van der Waals surface area (Å²) in [6, 6.07) is 4.17. The molecule has 114 valence electrons. The monoisotopic (exact) mass is 281 g/mol. The summed E-state index contributed by atoms with van der Waals surface area (Å²) in [5.41, 5.74) is 0.678. The highest BCUT2D eigenvalue weighted by Crippen LogP contribution is 2.20. The van der Waals surface area contributed by atoms with E-state index in [4.69, 9.17) is 0 Å². The summed E-state index contributed by atoms with van der Waals surface area (Å²) in [7, 11) is 0. The summed E-state index contributed by atoms with van der Waals surface area (Å²) in [4.78, 5) is 2.31. The van der Waals surface area contributed by atoms with Crippen molar-refractivity contribution in [1.82, 2.24) is 4.90 Å². The van der Waals surface area contributed by atoms with Gasteiger partial charge in [0.1, 0.15) is 11.6 Å². The Bertz CT molecular complexity index is 392. The minimum atomic E-state index is -0.287. The van der Waals surface area contributed by atoms with Gasteiger partial charge in [-0.3, -0.25) is 4.90 Å². The molecular weight excluding hydrogens is 253 g/mol. The molecule has 0 aliphatic carbocycles. The fourth-order valence-electron chi connectivity index (χ4n) is 2.07. The van der Waals surface area contributed by atoms with Gasteiger partial charge in [-0.15, -0.1) is 0 Å². The number of nitrogens with zero attached hydrogens (tertiary/aromatic N) is 1. The third-order valence-electron chi connectivity index (χ3n) is 3.48. The fourth-order valence-corrected chi connectivity index (χ4v) is 2.07. The van der Waals surface area contributed by atoms with Crippen molar-refractivity contribution in [1.29, 1.82) is 0 Å². The summed E-state index contributed by atoms with van der Waals surface area (Å²) >= 11 is 0. The van der Waals surface area contributed by atoms with Crippen molar-refractivity contribution in [3.8, 4) is 5.75 Å². The van der Waals surface area contributed by atoms with E-state index in [2.05, 4.69) is 32.6 Å². The molecule has 0 saturated carbocycles. The van der Waals surface area contributed by atoms with Crippen LogP contribution in [0.1, 0.15) is 46.1 Å².